The zero-order valence-corrected chi connectivity index (χ0v) is 23.0. The number of rotatable bonds is 10. The number of ketones is 1. The van der Waals surface area contributed by atoms with Gasteiger partial charge >= 0.3 is 0 Å². The molecule has 39 heavy (non-hydrogen) atoms. The van der Waals surface area contributed by atoms with Gasteiger partial charge in [-0.05, 0) is 87.4 Å². The molecule has 1 aromatic carbocycles. The molecule has 204 valence electrons. The summed E-state index contributed by atoms with van der Waals surface area (Å²) in [6.45, 7) is 7.93. The summed E-state index contributed by atoms with van der Waals surface area (Å²) in [5.74, 6) is 1.26. The lowest BCUT2D eigenvalue weighted by Crippen LogP contribution is -2.28. The number of benzene rings is 1. The standard InChI is InChI=1S/C31H37N5O3/c1-4-6-7-24-18-26-19-25(30(38)34-27(5-2)31-33-20(3)35-39-31)14-17-36(26)28(24)29(37)23-10-8-21(9-11-23)22-12-15-32-16-13-22/h8-11,14,17-19,22,27,32H,4-7,12-13,15-16H2,1-3H3,(H,34,38). The van der Waals surface area contributed by atoms with E-state index in [2.05, 4.69) is 39.8 Å². The lowest BCUT2D eigenvalue weighted by Gasteiger charge is -2.23. The molecule has 8 nitrogen and oxygen atoms in total. The molecule has 4 aromatic rings. The minimum Gasteiger partial charge on any atom is -0.340 e. The van der Waals surface area contributed by atoms with Crippen molar-refractivity contribution >= 4 is 17.2 Å². The van der Waals surface area contributed by atoms with Crippen molar-refractivity contribution in [2.24, 2.45) is 0 Å². The molecule has 0 spiro atoms. The first-order valence-corrected chi connectivity index (χ1v) is 14.1. The van der Waals surface area contributed by atoms with Gasteiger partial charge in [-0.3, -0.25) is 9.59 Å². The van der Waals surface area contributed by atoms with Crippen molar-refractivity contribution < 1.29 is 14.1 Å². The minimum atomic E-state index is -0.369. The number of aryl methyl sites for hydroxylation is 2. The van der Waals surface area contributed by atoms with Crippen LogP contribution in [0.2, 0.25) is 0 Å². The van der Waals surface area contributed by atoms with Crippen LogP contribution in [0.25, 0.3) is 5.52 Å². The molecule has 1 saturated heterocycles. The highest BCUT2D eigenvalue weighted by Crippen LogP contribution is 2.27. The van der Waals surface area contributed by atoms with Crippen molar-refractivity contribution in [1.82, 2.24) is 25.2 Å². The van der Waals surface area contributed by atoms with Crippen molar-refractivity contribution in [3.8, 4) is 0 Å². The van der Waals surface area contributed by atoms with Gasteiger partial charge in [0.2, 0.25) is 11.7 Å². The van der Waals surface area contributed by atoms with E-state index in [0.29, 0.717) is 40.9 Å². The van der Waals surface area contributed by atoms with Crippen LogP contribution in [0.15, 0.2) is 53.2 Å². The summed E-state index contributed by atoms with van der Waals surface area (Å²) >= 11 is 0. The van der Waals surface area contributed by atoms with Gasteiger partial charge in [-0.25, -0.2) is 0 Å². The monoisotopic (exact) mass is 527 g/mol. The molecule has 0 radical (unpaired) electrons. The summed E-state index contributed by atoms with van der Waals surface area (Å²) in [5.41, 5.74) is 5.01. The molecular weight excluding hydrogens is 490 g/mol. The molecular formula is C31H37N5O3. The van der Waals surface area contributed by atoms with Crippen LogP contribution in [0.4, 0.5) is 0 Å². The van der Waals surface area contributed by atoms with E-state index in [1.165, 1.54) is 5.56 Å². The second-order valence-electron chi connectivity index (χ2n) is 10.4. The van der Waals surface area contributed by atoms with Gasteiger partial charge in [-0.15, -0.1) is 0 Å². The molecule has 2 N–H and O–H groups in total. The Hall–Kier alpha value is -3.78. The highest BCUT2D eigenvalue weighted by molar-refractivity contribution is 6.10. The van der Waals surface area contributed by atoms with Crippen molar-refractivity contribution in [2.75, 3.05) is 13.1 Å². The Morgan fingerprint density at radius 1 is 1.10 bits per heavy atom. The van der Waals surface area contributed by atoms with E-state index in [-0.39, 0.29) is 17.7 Å². The van der Waals surface area contributed by atoms with Crippen LogP contribution < -0.4 is 10.6 Å². The third-order valence-electron chi connectivity index (χ3n) is 7.67. The fourth-order valence-electron chi connectivity index (χ4n) is 5.42. The summed E-state index contributed by atoms with van der Waals surface area (Å²) < 4.78 is 7.19. The summed E-state index contributed by atoms with van der Waals surface area (Å²) in [7, 11) is 0. The van der Waals surface area contributed by atoms with Crippen molar-refractivity contribution in [1.29, 1.82) is 0 Å². The van der Waals surface area contributed by atoms with Crippen molar-refractivity contribution in [2.45, 2.75) is 71.3 Å². The summed E-state index contributed by atoms with van der Waals surface area (Å²) in [6, 6.07) is 13.4. The number of hydrogen-bond acceptors (Lipinski definition) is 6. The average Bonchev–Trinajstić information content (AvgIpc) is 3.57. The Balaban J connectivity index is 1.42. The Morgan fingerprint density at radius 3 is 2.54 bits per heavy atom. The predicted octanol–water partition coefficient (Wildman–Crippen LogP) is 5.55. The SMILES string of the molecule is CCCCc1cc2cc(C(=O)NC(CC)c3nc(C)no3)ccn2c1C(=O)c1ccc(C2CCNCC2)cc1. The van der Waals surface area contributed by atoms with Gasteiger partial charge in [0.25, 0.3) is 5.91 Å². The Labute approximate surface area is 229 Å². The number of nitrogens with zero attached hydrogens (tertiary/aromatic N) is 3. The van der Waals surface area contributed by atoms with E-state index < -0.39 is 0 Å². The Bertz CT molecular complexity index is 1450. The van der Waals surface area contributed by atoms with E-state index in [1.807, 2.05) is 41.8 Å². The first-order chi connectivity index (χ1) is 19.0. The number of carbonyl (C=O) groups is 2. The van der Waals surface area contributed by atoms with E-state index in [0.717, 1.165) is 56.3 Å². The predicted molar refractivity (Wildman–Crippen MR) is 150 cm³/mol. The maximum atomic E-state index is 13.8. The highest BCUT2D eigenvalue weighted by Gasteiger charge is 2.23. The molecule has 1 atom stereocenters. The fourth-order valence-corrected chi connectivity index (χ4v) is 5.42. The van der Waals surface area contributed by atoms with E-state index in [4.69, 9.17) is 4.52 Å². The van der Waals surface area contributed by atoms with Gasteiger partial charge in [0, 0.05) is 22.8 Å². The first kappa shape index (κ1) is 26.8. The number of aromatic nitrogens is 3. The summed E-state index contributed by atoms with van der Waals surface area (Å²) in [5, 5.41) is 10.2. The van der Waals surface area contributed by atoms with Crippen LogP contribution in [-0.4, -0.2) is 39.3 Å². The van der Waals surface area contributed by atoms with Crippen LogP contribution in [0.5, 0.6) is 0 Å². The van der Waals surface area contributed by atoms with Gasteiger partial charge < -0.3 is 19.6 Å². The molecule has 0 saturated carbocycles. The number of piperidine rings is 1. The first-order valence-electron chi connectivity index (χ1n) is 14.1. The second-order valence-corrected chi connectivity index (χ2v) is 10.4. The number of fused-ring (bicyclic) bond motifs is 1. The Kier molecular flexibility index (Phi) is 8.21. The van der Waals surface area contributed by atoms with E-state index >= 15 is 0 Å². The van der Waals surface area contributed by atoms with Gasteiger partial charge in [0.05, 0.1) is 5.69 Å². The number of amides is 1. The largest absolute Gasteiger partial charge is 0.340 e. The number of hydrogen-bond donors (Lipinski definition) is 2. The van der Waals surface area contributed by atoms with Crippen LogP contribution in [0, 0.1) is 6.92 Å². The fraction of sp³-hybridized carbons (Fsp3) is 0.419. The molecule has 1 aliphatic heterocycles. The van der Waals surface area contributed by atoms with Crippen LogP contribution in [-0.2, 0) is 6.42 Å². The molecule has 0 aliphatic carbocycles. The number of pyridine rings is 1. The maximum Gasteiger partial charge on any atom is 0.252 e. The molecule has 4 heterocycles. The molecule has 1 fully saturated rings. The molecule has 1 aliphatic rings. The summed E-state index contributed by atoms with van der Waals surface area (Å²) in [4.78, 5) is 31.2. The zero-order chi connectivity index (χ0) is 27.4. The van der Waals surface area contributed by atoms with Gasteiger partial charge in [0.15, 0.2) is 5.82 Å². The van der Waals surface area contributed by atoms with E-state index in [9.17, 15) is 9.59 Å². The van der Waals surface area contributed by atoms with Crippen molar-refractivity contribution in [3.05, 3.63) is 88.3 Å². The smallest absolute Gasteiger partial charge is 0.252 e. The molecule has 3 aromatic heterocycles. The lowest BCUT2D eigenvalue weighted by atomic mass is 9.89. The molecule has 0 bridgehead atoms. The van der Waals surface area contributed by atoms with E-state index in [1.54, 1.807) is 13.0 Å². The Morgan fingerprint density at radius 2 is 1.87 bits per heavy atom. The van der Waals surface area contributed by atoms with Crippen molar-refractivity contribution in [3.63, 3.8) is 0 Å². The molecule has 1 unspecified atom stereocenters. The molecule has 8 heteroatoms. The van der Waals surface area contributed by atoms with Crippen LogP contribution in [0.1, 0.15) is 107 Å². The highest BCUT2D eigenvalue weighted by atomic mass is 16.5. The molecule has 1 amide bonds. The zero-order valence-electron chi connectivity index (χ0n) is 23.0. The third kappa shape index (κ3) is 5.81. The summed E-state index contributed by atoms with van der Waals surface area (Å²) in [6.07, 6.45) is 7.53. The minimum absolute atomic E-state index is 0.00739. The third-order valence-corrected chi connectivity index (χ3v) is 7.67. The number of nitrogens with one attached hydrogen (secondary N) is 2. The maximum absolute atomic E-state index is 13.8. The lowest BCUT2D eigenvalue weighted by molar-refractivity contribution is 0.0926. The van der Waals surface area contributed by atoms with Gasteiger partial charge in [-0.1, -0.05) is 49.7 Å². The topological polar surface area (TPSA) is 102 Å². The van der Waals surface area contributed by atoms with Crippen LogP contribution in [0.3, 0.4) is 0 Å². The normalized spacial score (nSPS) is 14.9. The molecule has 5 rings (SSSR count). The number of unbranched alkanes of at least 4 members (excludes halogenated alkanes) is 1. The van der Waals surface area contributed by atoms with Gasteiger partial charge in [0.1, 0.15) is 6.04 Å². The number of carbonyl (C=O) groups excluding carboxylic acids is 2. The quantitative estimate of drug-likeness (QED) is 0.262. The van der Waals surface area contributed by atoms with Gasteiger partial charge in [-0.2, -0.15) is 4.98 Å². The average molecular weight is 528 g/mol. The van der Waals surface area contributed by atoms with Crippen LogP contribution >= 0.6 is 0 Å². The second kappa shape index (κ2) is 11.9.